The van der Waals surface area contributed by atoms with Crippen molar-refractivity contribution in [2.45, 2.75) is 5.33 Å². The molecule has 0 aliphatic heterocycles. The van der Waals surface area contributed by atoms with E-state index in [2.05, 4.69) is 15.9 Å². The Labute approximate surface area is 123 Å². The van der Waals surface area contributed by atoms with Crippen molar-refractivity contribution < 1.29 is 8.81 Å². The van der Waals surface area contributed by atoms with Gasteiger partial charge in [-0.3, -0.25) is 4.79 Å². The fraction of sp³-hybridized carbons (Fsp3) is 0.0625. The lowest BCUT2D eigenvalue weighted by molar-refractivity contribution is 0.564. The fourth-order valence-corrected chi connectivity index (χ4v) is 2.61. The van der Waals surface area contributed by atoms with Gasteiger partial charge in [0.25, 0.3) is 0 Å². The van der Waals surface area contributed by atoms with Crippen molar-refractivity contribution in [1.29, 1.82) is 0 Å². The molecule has 100 valence electrons. The van der Waals surface area contributed by atoms with E-state index in [1.54, 1.807) is 30.3 Å². The van der Waals surface area contributed by atoms with Crippen LogP contribution in [0.3, 0.4) is 0 Å². The van der Waals surface area contributed by atoms with E-state index in [-0.39, 0.29) is 11.2 Å². The number of hydrogen-bond donors (Lipinski definition) is 0. The van der Waals surface area contributed by atoms with E-state index < -0.39 is 0 Å². The van der Waals surface area contributed by atoms with Crippen LogP contribution >= 0.6 is 15.9 Å². The molecule has 0 radical (unpaired) electrons. The Morgan fingerprint density at radius 3 is 2.65 bits per heavy atom. The fourth-order valence-electron chi connectivity index (χ4n) is 2.22. The number of rotatable bonds is 2. The second-order valence-corrected chi connectivity index (χ2v) is 4.93. The van der Waals surface area contributed by atoms with Crippen molar-refractivity contribution in [1.82, 2.24) is 0 Å². The van der Waals surface area contributed by atoms with Gasteiger partial charge in [0.1, 0.15) is 17.2 Å². The summed E-state index contributed by atoms with van der Waals surface area (Å²) in [5.41, 5.74) is 1.32. The van der Waals surface area contributed by atoms with Crippen molar-refractivity contribution in [2.24, 2.45) is 0 Å². The van der Waals surface area contributed by atoms with Gasteiger partial charge in [0.05, 0.1) is 16.3 Å². The predicted octanol–water partition coefficient (Wildman–Crippen LogP) is 4.49. The molecule has 20 heavy (non-hydrogen) atoms. The first-order valence-corrected chi connectivity index (χ1v) is 7.19. The first-order chi connectivity index (χ1) is 9.70. The molecule has 0 N–H and O–H groups in total. The molecule has 0 saturated heterocycles. The van der Waals surface area contributed by atoms with E-state index in [0.717, 1.165) is 0 Å². The minimum absolute atomic E-state index is 0.146. The molecule has 4 heteroatoms. The van der Waals surface area contributed by atoms with Gasteiger partial charge < -0.3 is 4.42 Å². The molecule has 0 amide bonds. The van der Waals surface area contributed by atoms with Crippen LogP contribution in [-0.2, 0) is 5.33 Å². The van der Waals surface area contributed by atoms with Gasteiger partial charge in [-0.15, -0.1) is 0 Å². The van der Waals surface area contributed by atoms with Crippen LogP contribution < -0.4 is 5.43 Å². The normalized spacial score (nSPS) is 10.9. The first-order valence-electron chi connectivity index (χ1n) is 6.07. The lowest BCUT2D eigenvalue weighted by atomic mass is 10.0. The zero-order chi connectivity index (χ0) is 14.1. The molecule has 0 spiro atoms. The largest absolute Gasteiger partial charge is 0.459 e. The molecule has 0 bridgehead atoms. The van der Waals surface area contributed by atoms with Crippen LogP contribution in [-0.4, -0.2) is 0 Å². The summed E-state index contributed by atoms with van der Waals surface area (Å²) in [5, 5.41) is 0.885. The van der Waals surface area contributed by atoms with Crippen molar-refractivity contribution in [2.75, 3.05) is 0 Å². The van der Waals surface area contributed by atoms with Crippen LogP contribution in [0.25, 0.3) is 22.1 Å². The highest BCUT2D eigenvalue weighted by atomic mass is 79.9. The summed E-state index contributed by atoms with van der Waals surface area (Å²) in [6.45, 7) is 0. The second kappa shape index (κ2) is 5.21. The number of benzene rings is 2. The van der Waals surface area contributed by atoms with Gasteiger partial charge >= 0.3 is 0 Å². The second-order valence-electron chi connectivity index (χ2n) is 4.37. The predicted molar refractivity (Wildman–Crippen MR) is 80.5 cm³/mol. The number of halogens is 2. The maximum absolute atomic E-state index is 13.4. The SMILES string of the molecule is O=c1c(-c2cccc(F)c2)c(CBr)oc2ccccc12. The maximum atomic E-state index is 13.4. The van der Waals surface area contributed by atoms with E-state index in [1.807, 2.05) is 6.07 Å². The number of hydrogen-bond acceptors (Lipinski definition) is 2. The van der Waals surface area contributed by atoms with E-state index in [9.17, 15) is 9.18 Å². The highest BCUT2D eigenvalue weighted by Crippen LogP contribution is 2.26. The lowest BCUT2D eigenvalue weighted by Crippen LogP contribution is -2.08. The van der Waals surface area contributed by atoms with Gasteiger partial charge in [0.15, 0.2) is 0 Å². The Balaban J connectivity index is 2.40. The van der Waals surface area contributed by atoms with Gasteiger partial charge in [-0.05, 0) is 29.8 Å². The summed E-state index contributed by atoms with van der Waals surface area (Å²) < 4.78 is 19.1. The molecule has 0 fully saturated rings. The Kier molecular flexibility index (Phi) is 3.40. The molecule has 0 aliphatic carbocycles. The molecule has 2 aromatic carbocycles. The van der Waals surface area contributed by atoms with Gasteiger partial charge in [-0.1, -0.05) is 40.2 Å². The van der Waals surface area contributed by atoms with Gasteiger partial charge in [-0.25, -0.2) is 4.39 Å². The minimum Gasteiger partial charge on any atom is -0.459 e. The van der Waals surface area contributed by atoms with Crippen LogP contribution in [0.1, 0.15) is 5.76 Å². The van der Waals surface area contributed by atoms with Crippen molar-refractivity contribution >= 4 is 26.9 Å². The lowest BCUT2D eigenvalue weighted by Gasteiger charge is -2.08. The van der Waals surface area contributed by atoms with E-state index in [4.69, 9.17) is 4.42 Å². The standard InChI is InChI=1S/C16H10BrFO2/c17-9-14-15(10-4-3-5-11(18)8-10)16(19)12-6-1-2-7-13(12)20-14/h1-8H,9H2. The molecule has 2 nitrogen and oxygen atoms in total. The minimum atomic E-state index is -0.379. The zero-order valence-corrected chi connectivity index (χ0v) is 12.0. The Morgan fingerprint density at radius 1 is 1.10 bits per heavy atom. The Morgan fingerprint density at radius 2 is 1.90 bits per heavy atom. The highest BCUT2D eigenvalue weighted by molar-refractivity contribution is 9.08. The van der Waals surface area contributed by atoms with Gasteiger partial charge in [0.2, 0.25) is 5.43 Å². The summed E-state index contributed by atoms with van der Waals surface area (Å²) in [6.07, 6.45) is 0. The quantitative estimate of drug-likeness (QED) is 0.647. The van der Waals surface area contributed by atoms with Crippen LogP contribution in [0.2, 0.25) is 0 Å². The van der Waals surface area contributed by atoms with E-state index in [0.29, 0.717) is 33.2 Å². The van der Waals surface area contributed by atoms with E-state index in [1.165, 1.54) is 12.1 Å². The van der Waals surface area contributed by atoms with Crippen molar-refractivity contribution in [3.8, 4) is 11.1 Å². The Bertz CT molecular complexity index is 839. The smallest absolute Gasteiger partial charge is 0.200 e. The van der Waals surface area contributed by atoms with Crippen LogP contribution in [0.4, 0.5) is 4.39 Å². The van der Waals surface area contributed by atoms with Crippen LogP contribution in [0, 0.1) is 5.82 Å². The summed E-state index contributed by atoms with van der Waals surface area (Å²) in [6, 6.07) is 13.0. The maximum Gasteiger partial charge on any atom is 0.200 e. The first kappa shape index (κ1) is 13.1. The molecule has 0 saturated carbocycles. The third-order valence-electron chi connectivity index (χ3n) is 3.11. The number of alkyl halides is 1. The van der Waals surface area contributed by atoms with Crippen molar-refractivity contribution in [3.63, 3.8) is 0 Å². The summed E-state index contributed by atoms with van der Waals surface area (Å²) in [4.78, 5) is 12.6. The molecular formula is C16H10BrFO2. The molecule has 0 aliphatic rings. The topological polar surface area (TPSA) is 30.2 Å². The van der Waals surface area contributed by atoms with E-state index >= 15 is 0 Å². The molecule has 1 aromatic heterocycles. The summed E-state index contributed by atoms with van der Waals surface area (Å²) >= 11 is 3.32. The molecule has 0 unspecified atom stereocenters. The van der Waals surface area contributed by atoms with Crippen LogP contribution in [0.5, 0.6) is 0 Å². The number of para-hydroxylation sites is 1. The third-order valence-corrected chi connectivity index (χ3v) is 3.61. The van der Waals surface area contributed by atoms with Gasteiger partial charge in [-0.2, -0.15) is 0 Å². The van der Waals surface area contributed by atoms with Gasteiger partial charge in [0, 0.05) is 0 Å². The molecule has 1 heterocycles. The summed E-state index contributed by atoms with van der Waals surface area (Å²) in [7, 11) is 0. The Hall–Kier alpha value is -1.94. The molecule has 3 rings (SSSR count). The zero-order valence-electron chi connectivity index (χ0n) is 10.4. The highest BCUT2D eigenvalue weighted by Gasteiger charge is 2.15. The third kappa shape index (κ3) is 2.16. The average molecular weight is 333 g/mol. The summed E-state index contributed by atoms with van der Waals surface area (Å²) in [5.74, 6) is 0.120. The van der Waals surface area contributed by atoms with Crippen LogP contribution in [0.15, 0.2) is 57.7 Å². The average Bonchev–Trinajstić information content (AvgIpc) is 2.47. The monoisotopic (exact) mass is 332 g/mol. The van der Waals surface area contributed by atoms with Crippen molar-refractivity contribution in [3.05, 3.63) is 70.3 Å². The molecular weight excluding hydrogens is 323 g/mol. The number of fused-ring (bicyclic) bond motifs is 1. The molecule has 3 aromatic rings. The molecule has 0 atom stereocenters.